The number of halogens is 3. The molecular formula is C15H17F3. The number of hydrogen-bond donors (Lipinski definition) is 0. The van der Waals surface area contributed by atoms with Gasteiger partial charge in [-0.1, -0.05) is 49.8 Å². The molecule has 0 saturated heterocycles. The molecule has 0 saturated carbocycles. The predicted molar refractivity (Wildman–Crippen MR) is 69.3 cm³/mol. The molecular weight excluding hydrogens is 237 g/mol. The Morgan fingerprint density at radius 1 is 1.33 bits per heavy atom. The molecule has 0 aliphatic rings. The monoisotopic (exact) mass is 254 g/mol. The molecule has 0 aromatic heterocycles. The van der Waals surface area contributed by atoms with Gasteiger partial charge < -0.3 is 0 Å². The van der Waals surface area contributed by atoms with E-state index in [-0.39, 0.29) is 5.56 Å². The van der Waals surface area contributed by atoms with E-state index >= 15 is 0 Å². The van der Waals surface area contributed by atoms with Gasteiger partial charge in [0.2, 0.25) is 0 Å². The van der Waals surface area contributed by atoms with E-state index in [0.29, 0.717) is 17.6 Å². The van der Waals surface area contributed by atoms with Gasteiger partial charge in [0.25, 0.3) is 0 Å². The first-order valence-electron chi connectivity index (χ1n) is 5.90. The van der Waals surface area contributed by atoms with Gasteiger partial charge in [0.15, 0.2) is 0 Å². The Hall–Kier alpha value is -1.51. The first kappa shape index (κ1) is 14.6. The molecule has 0 fully saturated rings. The van der Waals surface area contributed by atoms with Crippen molar-refractivity contribution >= 4 is 5.57 Å². The predicted octanol–water partition coefficient (Wildman–Crippen LogP) is 5.38. The highest BCUT2D eigenvalue weighted by Crippen LogP contribution is 2.36. The molecule has 0 atom stereocenters. The van der Waals surface area contributed by atoms with Gasteiger partial charge in [-0.05, 0) is 30.5 Å². The fourth-order valence-electron chi connectivity index (χ4n) is 1.89. The summed E-state index contributed by atoms with van der Waals surface area (Å²) in [6.45, 7) is 7.17. The summed E-state index contributed by atoms with van der Waals surface area (Å²) in [5.41, 5.74) is 0.985. The van der Waals surface area contributed by atoms with Gasteiger partial charge >= 0.3 is 6.18 Å². The van der Waals surface area contributed by atoms with E-state index in [2.05, 4.69) is 6.58 Å². The minimum atomic E-state index is -4.32. The molecule has 0 nitrogen and oxygen atoms in total. The number of benzene rings is 1. The highest BCUT2D eigenvalue weighted by molar-refractivity contribution is 5.70. The summed E-state index contributed by atoms with van der Waals surface area (Å²) >= 11 is 0. The number of allylic oxidation sites excluding steroid dienone is 3. The fraction of sp³-hybridized carbons (Fsp3) is 0.333. The molecule has 0 aliphatic heterocycles. The molecule has 18 heavy (non-hydrogen) atoms. The maximum Gasteiger partial charge on any atom is 0.417 e. The maximum absolute atomic E-state index is 13.0. The normalized spacial score (nSPS) is 12.6. The van der Waals surface area contributed by atoms with Crippen molar-refractivity contribution in [2.24, 2.45) is 0 Å². The lowest BCUT2D eigenvalue weighted by Gasteiger charge is -2.16. The fourth-order valence-corrected chi connectivity index (χ4v) is 1.89. The Labute approximate surface area is 106 Å². The molecule has 0 aliphatic carbocycles. The van der Waals surface area contributed by atoms with E-state index in [1.54, 1.807) is 25.1 Å². The Kier molecular flexibility index (Phi) is 4.76. The van der Waals surface area contributed by atoms with Crippen LogP contribution in [0, 0.1) is 6.92 Å². The second-order valence-corrected chi connectivity index (χ2v) is 4.22. The molecule has 0 bridgehead atoms. The average Bonchev–Trinajstić information content (AvgIpc) is 2.27. The topological polar surface area (TPSA) is 0 Å². The maximum atomic E-state index is 13.0. The van der Waals surface area contributed by atoms with Crippen LogP contribution in [-0.2, 0) is 6.18 Å². The molecule has 0 radical (unpaired) electrons. The number of hydrogen-bond acceptors (Lipinski definition) is 0. The summed E-state index contributed by atoms with van der Waals surface area (Å²) in [4.78, 5) is 0. The van der Waals surface area contributed by atoms with Gasteiger partial charge in [0.05, 0.1) is 5.56 Å². The minimum Gasteiger partial charge on any atom is -0.166 e. The van der Waals surface area contributed by atoms with Gasteiger partial charge in [-0.25, -0.2) is 0 Å². The smallest absolute Gasteiger partial charge is 0.166 e. The third-order valence-electron chi connectivity index (χ3n) is 2.66. The summed E-state index contributed by atoms with van der Waals surface area (Å²) in [7, 11) is 0. The minimum absolute atomic E-state index is 0.259. The quantitative estimate of drug-likeness (QED) is 0.632. The summed E-state index contributed by atoms with van der Waals surface area (Å²) in [6, 6.07) is 4.45. The van der Waals surface area contributed by atoms with Crippen LogP contribution in [0.4, 0.5) is 13.2 Å². The zero-order valence-electron chi connectivity index (χ0n) is 10.6. The van der Waals surface area contributed by atoms with Crippen molar-refractivity contribution in [3.8, 4) is 0 Å². The third-order valence-corrected chi connectivity index (χ3v) is 2.66. The molecule has 1 aromatic rings. The second-order valence-electron chi connectivity index (χ2n) is 4.22. The second kappa shape index (κ2) is 5.89. The highest BCUT2D eigenvalue weighted by atomic mass is 19.4. The molecule has 0 unspecified atom stereocenters. The Balaban J connectivity index is 3.38. The Morgan fingerprint density at radius 3 is 2.50 bits per heavy atom. The van der Waals surface area contributed by atoms with Crippen molar-refractivity contribution in [2.45, 2.75) is 32.9 Å². The molecule has 98 valence electrons. The molecule has 3 heteroatoms. The molecule has 0 N–H and O–H groups in total. The van der Waals surface area contributed by atoms with Crippen molar-refractivity contribution in [2.75, 3.05) is 0 Å². The van der Waals surface area contributed by atoms with Crippen LogP contribution in [0.2, 0.25) is 0 Å². The zero-order chi connectivity index (χ0) is 13.8. The number of alkyl halides is 3. The number of rotatable bonds is 4. The van der Waals surface area contributed by atoms with Crippen molar-refractivity contribution in [3.05, 3.63) is 53.6 Å². The van der Waals surface area contributed by atoms with E-state index in [1.165, 1.54) is 12.1 Å². The van der Waals surface area contributed by atoms with Crippen LogP contribution >= 0.6 is 0 Å². The molecule has 1 aromatic carbocycles. The molecule has 0 spiro atoms. The van der Waals surface area contributed by atoms with E-state index in [1.807, 2.05) is 6.92 Å². The summed E-state index contributed by atoms with van der Waals surface area (Å²) < 4.78 is 39.0. The van der Waals surface area contributed by atoms with E-state index < -0.39 is 11.7 Å². The van der Waals surface area contributed by atoms with Crippen LogP contribution < -0.4 is 0 Å². The summed E-state index contributed by atoms with van der Waals surface area (Å²) in [5, 5.41) is 0. The SMILES string of the molecule is C=C/C=C(\CCC)c1ccc(C)cc1C(F)(F)F. The first-order chi connectivity index (χ1) is 8.40. The van der Waals surface area contributed by atoms with Crippen LogP contribution in [-0.4, -0.2) is 0 Å². The van der Waals surface area contributed by atoms with Crippen LogP contribution in [0.15, 0.2) is 36.9 Å². The number of aryl methyl sites for hydroxylation is 1. The van der Waals surface area contributed by atoms with Crippen LogP contribution in [0.1, 0.15) is 36.5 Å². The highest BCUT2D eigenvalue weighted by Gasteiger charge is 2.33. The Morgan fingerprint density at radius 2 is 2.00 bits per heavy atom. The van der Waals surface area contributed by atoms with Crippen LogP contribution in [0.5, 0.6) is 0 Å². The van der Waals surface area contributed by atoms with Gasteiger partial charge in [-0.15, -0.1) is 0 Å². The van der Waals surface area contributed by atoms with Gasteiger partial charge in [0, 0.05) is 0 Å². The summed E-state index contributed by atoms with van der Waals surface area (Å²) in [5.74, 6) is 0. The molecule has 1 rings (SSSR count). The third kappa shape index (κ3) is 3.49. The van der Waals surface area contributed by atoms with E-state index in [9.17, 15) is 13.2 Å². The zero-order valence-corrected chi connectivity index (χ0v) is 10.6. The molecule has 0 amide bonds. The van der Waals surface area contributed by atoms with E-state index in [0.717, 1.165) is 6.42 Å². The van der Waals surface area contributed by atoms with Gasteiger partial charge in [-0.2, -0.15) is 13.2 Å². The standard InChI is InChI=1S/C15H17F3/c1-4-6-12(7-5-2)13-9-8-11(3)10-14(13)15(16,17)18/h4,6,8-10H,1,5,7H2,2-3H3/b12-6+. The Bertz CT molecular complexity index is 453. The van der Waals surface area contributed by atoms with Crippen molar-refractivity contribution in [1.82, 2.24) is 0 Å². The van der Waals surface area contributed by atoms with Gasteiger partial charge in [0.1, 0.15) is 0 Å². The largest absolute Gasteiger partial charge is 0.417 e. The van der Waals surface area contributed by atoms with E-state index in [4.69, 9.17) is 0 Å². The van der Waals surface area contributed by atoms with Gasteiger partial charge in [-0.3, -0.25) is 0 Å². The van der Waals surface area contributed by atoms with Crippen molar-refractivity contribution < 1.29 is 13.2 Å². The average molecular weight is 254 g/mol. The summed E-state index contributed by atoms with van der Waals surface area (Å²) in [6.07, 6.45) is 0.271. The molecule has 0 heterocycles. The van der Waals surface area contributed by atoms with Crippen molar-refractivity contribution in [3.63, 3.8) is 0 Å². The van der Waals surface area contributed by atoms with Crippen molar-refractivity contribution in [1.29, 1.82) is 0 Å². The lowest BCUT2D eigenvalue weighted by molar-refractivity contribution is -0.137. The van der Waals surface area contributed by atoms with Crippen LogP contribution in [0.25, 0.3) is 5.57 Å². The first-order valence-corrected chi connectivity index (χ1v) is 5.90. The lowest BCUT2D eigenvalue weighted by Crippen LogP contribution is -2.09. The lowest BCUT2D eigenvalue weighted by atomic mass is 9.94. The van der Waals surface area contributed by atoms with Crippen LogP contribution in [0.3, 0.4) is 0 Å².